The second kappa shape index (κ2) is 53.0. The first kappa shape index (κ1) is 75.8. The van der Waals surface area contributed by atoms with Crippen LogP contribution in [0.2, 0.25) is 0 Å². The van der Waals surface area contributed by atoms with Gasteiger partial charge in [-0.2, -0.15) is 0 Å². The summed E-state index contributed by atoms with van der Waals surface area (Å²) in [4.78, 5) is 13.3. The second-order valence-corrected chi connectivity index (χ2v) is 24.7. The summed E-state index contributed by atoms with van der Waals surface area (Å²) < 4.78 is 22.9. The van der Waals surface area contributed by atoms with Gasteiger partial charge in [-0.1, -0.05) is 283 Å². The van der Waals surface area contributed by atoms with Gasteiger partial charge in [0.2, 0.25) is 5.91 Å². The molecule has 480 valence electrons. The van der Waals surface area contributed by atoms with Crippen molar-refractivity contribution in [3.63, 3.8) is 0 Å². The third-order valence-corrected chi connectivity index (χ3v) is 17.2. The number of amides is 1. The summed E-state index contributed by atoms with van der Waals surface area (Å²) >= 11 is 0. The molecule has 0 aromatic heterocycles. The zero-order valence-electron chi connectivity index (χ0n) is 52.1. The minimum Gasteiger partial charge on any atom is -0.394 e. The number of hydrogen-bond donors (Lipinski definition) is 9. The third-order valence-electron chi connectivity index (χ3n) is 17.2. The largest absolute Gasteiger partial charge is 0.394 e. The monoisotopic (exact) mass is 1160 g/mol. The summed E-state index contributed by atoms with van der Waals surface area (Å²) in [6, 6.07) is -0.829. The summed E-state index contributed by atoms with van der Waals surface area (Å²) in [5, 5.41) is 87.5. The van der Waals surface area contributed by atoms with Crippen LogP contribution in [0.25, 0.3) is 0 Å². The molecule has 2 saturated heterocycles. The zero-order valence-corrected chi connectivity index (χ0v) is 52.1. The number of unbranched alkanes of at least 4 members (excludes halogenated alkanes) is 42. The van der Waals surface area contributed by atoms with Crippen LogP contribution in [0, 0.1) is 0 Å². The maximum Gasteiger partial charge on any atom is 0.220 e. The summed E-state index contributed by atoms with van der Waals surface area (Å²) in [6.45, 7) is 2.90. The van der Waals surface area contributed by atoms with Gasteiger partial charge in [0.15, 0.2) is 12.6 Å². The van der Waals surface area contributed by atoms with Gasteiger partial charge in [-0.05, 0) is 38.5 Å². The van der Waals surface area contributed by atoms with Gasteiger partial charge in [-0.15, -0.1) is 0 Å². The Morgan fingerprint density at radius 2 is 0.778 bits per heavy atom. The van der Waals surface area contributed by atoms with Crippen molar-refractivity contribution in [1.29, 1.82) is 0 Å². The lowest BCUT2D eigenvalue weighted by atomic mass is 9.97. The zero-order chi connectivity index (χ0) is 58.8. The number of carbonyl (C=O) groups excluding carboxylic acids is 1. The molecule has 9 N–H and O–H groups in total. The molecule has 2 aliphatic rings. The Hall–Kier alpha value is -1.27. The molecule has 14 heteroatoms. The van der Waals surface area contributed by atoms with Crippen LogP contribution in [0.15, 0.2) is 12.2 Å². The molecule has 0 bridgehead atoms. The van der Waals surface area contributed by atoms with Gasteiger partial charge in [0.05, 0.1) is 32.0 Å². The third kappa shape index (κ3) is 37.8. The van der Waals surface area contributed by atoms with Gasteiger partial charge < -0.3 is 65.1 Å². The standard InChI is InChI=1S/C67H129NO13/c1-3-5-7-9-11-13-15-17-19-21-22-23-24-25-26-27-28-29-30-31-32-33-35-36-38-40-42-44-46-48-50-56(71)55(68-59(72)51-49-47-45-43-41-39-37-34-20-18-16-14-12-10-8-6-4-2)54-78-66-64(77)62(75)65(58(53-70)80-66)81-67-63(76)61(74)60(73)57(52-69)79-67/h18,20,55-58,60-67,69-71,73-77H,3-17,19,21-54H2,1-2H3,(H,68,72)/b20-18-. The van der Waals surface area contributed by atoms with Crippen LogP contribution >= 0.6 is 0 Å². The Morgan fingerprint density at radius 3 is 1.17 bits per heavy atom. The summed E-state index contributed by atoms with van der Waals surface area (Å²) in [5.41, 5.74) is 0. The van der Waals surface area contributed by atoms with Gasteiger partial charge in [-0.3, -0.25) is 4.79 Å². The number of ether oxygens (including phenoxy) is 4. The van der Waals surface area contributed by atoms with Crippen LogP contribution in [0.5, 0.6) is 0 Å². The Morgan fingerprint density at radius 1 is 0.432 bits per heavy atom. The SMILES string of the molecule is CCCCCCCC/C=C\CCCCCCCCCC(=O)NC(COC1OC(CO)C(OC2OC(CO)C(O)C(O)C2O)C(O)C1O)C(O)CCCCCCCCCCCCCCCCCCCCCCCCCCCCCCCC. The summed E-state index contributed by atoms with van der Waals surface area (Å²) in [7, 11) is 0. The van der Waals surface area contributed by atoms with Crippen LogP contribution in [0.4, 0.5) is 0 Å². The average molecular weight is 1160 g/mol. The Labute approximate surface area is 495 Å². The second-order valence-electron chi connectivity index (χ2n) is 24.7. The molecule has 12 unspecified atom stereocenters. The molecule has 0 aromatic carbocycles. The molecule has 2 heterocycles. The topological polar surface area (TPSA) is 228 Å². The number of hydrogen-bond acceptors (Lipinski definition) is 13. The molecular weight excluding hydrogens is 1030 g/mol. The van der Waals surface area contributed by atoms with E-state index in [1.54, 1.807) is 0 Å². The van der Waals surface area contributed by atoms with Crippen molar-refractivity contribution < 1.29 is 64.6 Å². The molecule has 2 rings (SSSR count). The van der Waals surface area contributed by atoms with E-state index in [-0.39, 0.29) is 12.5 Å². The smallest absolute Gasteiger partial charge is 0.220 e. The van der Waals surface area contributed by atoms with E-state index in [4.69, 9.17) is 18.9 Å². The molecule has 2 fully saturated rings. The number of aliphatic hydroxyl groups excluding tert-OH is 8. The van der Waals surface area contributed by atoms with Crippen LogP contribution in [0.1, 0.15) is 316 Å². The lowest BCUT2D eigenvalue weighted by Gasteiger charge is -2.46. The van der Waals surface area contributed by atoms with E-state index in [0.717, 1.165) is 57.8 Å². The van der Waals surface area contributed by atoms with Crippen molar-refractivity contribution in [3.05, 3.63) is 12.2 Å². The van der Waals surface area contributed by atoms with Crippen molar-refractivity contribution in [3.8, 4) is 0 Å². The average Bonchev–Trinajstić information content (AvgIpc) is 3.47. The van der Waals surface area contributed by atoms with Crippen molar-refractivity contribution in [2.45, 2.75) is 389 Å². The number of aliphatic hydroxyl groups is 8. The van der Waals surface area contributed by atoms with Crippen molar-refractivity contribution >= 4 is 5.91 Å². The molecule has 0 aliphatic carbocycles. The van der Waals surface area contributed by atoms with Crippen molar-refractivity contribution in [2.24, 2.45) is 0 Å². The molecule has 14 nitrogen and oxygen atoms in total. The van der Waals surface area contributed by atoms with E-state index < -0.39 is 86.8 Å². The van der Waals surface area contributed by atoms with Gasteiger partial charge in [0, 0.05) is 6.42 Å². The van der Waals surface area contributed by atoms with E-state index in [9.17, 15) is 45.6 Å². The lowest BCUT2D eigenvalue weighted by Crippen LogP contribution is -2.65. The van der Waals surface area contributed by atoms with Crippen molar-refractivity contribution in [2.75, 3.05) is 19.8 Å². The maximum atomic E-state index is 13.3. The van der Waals surface area contributed by atoms with Crippen LogP contribution in [-0.2, 0) is 23.7 Å². The van der Waals surface area contributed by atoms with Gasteiger partial charge in [0.25, 0.3) is 0 Å². The number of rotatable bonds is 57. The lowest BCUT2D eigenvalue weighted by molar-refractivity contribution is -0.359. The highest BCUT2D eigenvalue weighted by molar-refractivity contribution is 5.76. The van der Waals surface area contributed by atoms with E-state index in [1.165, 1.54) is 231 Å². The molecule has 2 aliphatic heterocycles. The first-order valence-corrected chi connectivity index (χ1v) is 34.4. The summed E-state index contributed by atoms with van der Waals surface area (Å²) in [5.74, 6) is -0.206. The van der Waals surface area contributed by atoms with E-state index in [2.05, 4.69) is 31.3 Å². The minimum atomic E-state index is -1.78. The highest BCUT2D eigenvalue weighted by Crippen LogP contribution is 2.30. The molecule has 0 saturated carbocycles. The highest BCUT2D eigenvalue weighted by atomic mass is 16.7. The minimum absolute atomic E-state index is 0.206. The maximum absolute atomic E-state index is 13.3. The van der Waals surface area contributed by atoms with E-state index >= 15 is 0 Å². The molecule has 0 radical (unpaired) electrons. The fourth-order valence-corrected chi connectivity index (χ4v) is 11.7. The molecule has 0 aromatic rings. The molecule has 81 heavy (non-hydrogen) atoms. The molecule has 12 atom stereocenters. The van der Waals surface area contributed by atoms with Gasteiger partial charge in [0.1, 0.15) is 48.8 Å². The Bertz CT molecular complexity index is 1410. The number of allylic oxidation sites excluding steroid dienone is 2. The Balaban J connectivity index is 1.65. The van der Waals surface area contributed by atoms with Crippen molar-refractivity contribution in [1.82, 2.24) is 5.32 Å². The number of carbonyl (C=O) groups is 1. The fraction of sp³-hybridized carbons (Fsp3) is 0.955. The number of nitrogens with one attached hydrogen (secondary N) is 1. The van der Waals surface area contributed by atoms with Gasteiger partial charge >= 0.3 is 0 Å². The molecular formula is C67H129NO13. The molecule has 1 amide bonds. The van der Waals surface area contributed by atoms with Crippen LogP contribution < -0.4 is 5.32 Å². The predicted molar refractivity (Wildman–Crippen MR) is 328 cm³/mol. The van der Waals surface area contributed by atoms with Crippen LogP contribution in [-0.4, -0.2) is 140 Å². The molecule has 0 spiro atoms. The highest BCUT2D eigenvalue weighted by Gasteiger charge is 2.51. The predicted octanol–water partition coefficient (Wildman–Crippen LogP) is 13.4. The first-order valence-electron chi connectivity index (χ1n) is 34.4. The Kier molecular flexibility index (Phi) is 49.6. The summed E-state index contributed by atoms with van der Waals surface area (Å²) in [6.07, 6.45) is 46.6. The fourth-order valence-electron chi connectivity index (χ4n) is 11.7. The first-order chi connectivity index (χ1) is 39.6. The quantitative estimate of drug-likeness (QED) is 0.0204. The van der Waals surface area contributed by atoms with E-state index in [1.807, 2.05) is 0 Å². The normalized spacial score (nSPS) is 24.1. The van der Waals surface area contributed by atoms with Gasteiger partial charge in [-0.25, -0.2) is 0 Å². The van der Waals surface area contributed by atoms with Crippen LogP contribution in [0.3, 0.4) is 0 Å². The van der Waals surface area contributed by atoms with E-state index in [0.29, 0.717) is 12.8 Å².